The third kappa shape index (κ3) is 6.93. The van der Waals surface area contributed by atoms with Crippen molar-refractivity contribution >= 4 is 5.65 Å². The van der Waals surface area contributed by atoms with Crippen LogP contribution in [0.15, 0.2) is 73.1 Å². The maximum atomic E-state index is 6.69. The van der Waals surface area contributed by atoms with Gasteiger partial charge in [-0.15, -0.1) is 14.8 Å². The fourth-order valence-corrected chi connectivity index (χ4v) is 5.01. The first-order valence-corrected chi connectivity index (χ1v) is 13.5. The van der Waals surface area contributed by atoms with Crippen LogP contribution in [0, 0.1) is 6.92 Å². The number of likely N-dealkylation sites (tertiary alicyclic amines) is 1. The Morgan fingerprint density at radius 3 is 2.27 bits per heavy atom. The summed E-state index contributed by atoms with van der Waals surface area (Å²) in [6, 6.07) is 23.2. The van der Waals surface area contributed by atoms with Crippen molar-refractivity contribution in [1.29, 1.82) is 0 Å². The monoisotopic (exact) mass is 499 g/mol. The predicted molar refractivity (Wildman–Crippen MR) is 145 cm³/mol. The first-order chi connectivity index (χ1) is 18.3. The molecule has 0 atom stereocenters. The highest BCUT2D eigenvalue weighted by Gasteiger charge is 2.24. The van der Waals surface area contributed by atoms with Gasteiger partial charge in [-0.2, -0.15) is 0 Å². The predicted octanol–water partition coefficient (Wildman–Crippen LogP) is 5.64. The molecular weight excluding hydrogens is 462 g/mol. The summed E-state index contributed by atoms with van der Waals surface area (Å²) in [6.45, 7) is 6.06. The fourth-order valence-electron chi connectivity index (χ4n) is 5.01. The van der Waals surface area contributed by atoms with Gasteiger partial charge in [-0.3, -0.25) is 0 Å². The van der Waals surface area contributed by atoms with Gasteiger partial charge in [-0.1, -0.05) is 73.5 Å². The third-order valence-electron chi connectivity index (χ3n) is 7.10. The number of aryl methyl sites for hydroxylation is 1. The van der Waals surface area contributed by atoms with Gasteiger partial charge in [0, 0.05) is 18.7 Å². The molecular formula is C30H37N5O2. The molecule has 0 unspecified atom stereocenters. The zero-order chi connectivity index (χ0) is 25.3. The largest absolute Gasteiger partial charge is 0.476 e. The molecule has 0 radical (unpaired) electrons. The summed E-state index contributed by atoms with van der Waals surface area (Å²) in [5.74, 6) is 0.643. The van der Waals surface area contributed by atoms with Gasteiger partial charge in [0.15, 0.2) is 5.65 Å². The van der Waals surface area contributed by atoms with Crippen molar-refractivity contribution in [2.45, 2.75) is 57.7 Å². The first-order valence-electron chi connectivity index (χ1n) is 13.5. The topological polar surface area (TPSA) is 64.8 Å². The summed E-state index contributed by atoms with van der Waals surface area (Å²) in [5, 5.41) is 8.47. The molecule has 0 aliphatic carbocycles. The lowest BCUT2D eigenvalue weighted by Gasteiger charge is -2.34. The second kappa shape index (κ2) is 12.8. The number of rotatable bonds is 12. The molecule has 7 heteroatoms. The van der Waals surface area contributed by atoms with Crippen molar-refractivity contribution in [2.24, 2.45) is 0 Å². The van der Waals surface area contributed by atoms with E-state index in [0.717, 1.165) is 50.1 Å². The smallest absolute Gasteiger partial charge is 0.236 e. The first kappa shape index (κ1) is 25.4. The number of ether oxygens (including phenoxy) is 2. The zero-order valence-electron chi connectivity index (χ0n) is 21.7. The molecule has 0 amide bonds. The Labute approximate surface area is 219 Å². The van der Waals surface area contributed by atoms with Crippen LogP contribution in [0.1, 0.15) is 61.3 Å². The Morgan fingerprint density at radius 2 is 1.57 bits per heavy atom. The summed E-state index contributed by atoms with van der Waals surface area (Å²) >= 11 is 0. The van der Waals surface area contributed by atoms with E-state index in [1.165, 1.54) is 41.3 Å². The van der Waals surface area contributed by atoms with Crippen molar-refractivity contribution in [3.63, 3.8) is 0 Å². The van der Waals surface area contributed by atoms with E-state index in [2.05, 4.69) is 80.7 Å². The number of aromatic nitrogens is 4. The standard InChI is InChI=1S/C30H37N5O2/c1-24-22-28-31-23-32-35(28)33-30(24)36-21-11-3-2-10-18-34-19-16-27(17-20-34)37-29(25-12-6-4-7-13-25)26-14-8-5-9-15-26/h4-9,12-15,22-23,27,29H,2-3,10-11,16-21H2,1H3. The maximum absolute atomic E-state index is 6.69. The van der Waals surface area contributed by atoms with E-state index in [1.807, 2.05) is 13.0 Å². The number of hydrogen-bond acceptors (Lipinski definition) is 6. The van der Waals surface area contributed by atoms with E-state index in [9.17, 15) is 0 Å². The molecule has 2 aromatic carbocycles. The van der Waals surface area contributed by atoms with E-state index in [4.69, 9.17) is 9.47 Å². The van der Waals surface area contributed by atoms with Crippen LogP contribution in [0.3, 0.4) is 0 Å². The molecule has 2 aromatic heterocycles. The molecule has 0 spiro atoms. The molecule has 1 aliphatic rings. The normalized spacial score (nSPS) is 15.0. The molecule has 7 nitrogen and oxygen atoms in total. The van der Waals surface area contributed by atoms with Crippen molar-refractivity contribution in [3.05, 3.63) is 89.7 Å². The van der Waals surface area contributed by atoms with E-state index in [-0.39, 0.29) is 6.10 Å². The molecule has 5 rings (SSSR count). The summed E-state index contributed by atoms with van der Waals surface area (Å²) in [7, 11) is 0. The molecule has 0 saturated carbocycles. The van der Waals surface area contributed by atoms with E-state index < -0.39 is 0 Å². The quantitative estimate of drug-likeness (QED) is 0.235. The number of benzene rings is 2. The van der Waals surface area contributed by atoms with Crippen molar-refractivity contribution in [2.75, 3.05) is 26.2 Å². The van der Waals surface area contributed by atoms with Crippen LogP contribution >= 0.6 is 0 Å². The Kier molecular flexibility index (Phi) is 8.77. The molecule has 0 bridgehead atoms. The lowest BCUT2D eigenvalue weighted by molar-refractivity contribution is -0.0271. The van der Waals surface area contributed by atoms with Crippen LogP contribution in [0.25, 0.3) is 5.65 Å². The van der Waals surface area contributed by atoms with Crippen LogP contribution in [-0.4, -0.2) is 57.1 Å². The minimum atomic E-state index is -0.00159. The second-order valence-electron chi connectivity index (χ2n) is 9.88. The van der Waals surface area contributed by atoms with Crippen LogP contribution in [0.4, 0.5) is 0 Å². The second-order valence-corrected chi connectivity index (χ2v) is 9.88. The van der Waals surface area contributed by atoms with E-state index in [1.54, 1.807) is 0 Å². The van der Waals surface area contributed by atoms with Gasteiger partial charge in [0.2, 0.25) is 5.88 Å². The minimum Gasteiger partial charge on any atom is -0.476 e. The molecule has 4 aromatic rings. The molecule has 1 fully saturated rings. The highest BCUT2D eigenvalue weighted by molar-refractivity contribution is 5.41. The average Bonchev–Trinajstić information content (AvgIpc) is 3.40. The molecule has 1 saturated heterocycles. The van der Waals surface area contributed by atoms with Gasteiger partial charge in [0.25, 0.3) is 0 Å². The number of piperidine rings is 1. The number of nitrogens with zero attached hydrogens (tertiary/aromatic N) is 5. The molecule has 0 N–H and O–H groups in total. The van der Waals surface area contributed by atoms with E-state index in [0.29, 0.717) is 18.6 Å². The number of hydrogen-bond donors (Lipinski definition) is 0. The summed E-state index contributed by atoms with van der Waals surface area (Å²) in [4.78, 5) is 6.75. The van der Waals surface area contributed by atoms with Crippen molar-refractivity contribution in [1.82, 2.24) is 24.7 Å². The number of unbranched alkanes of at least 4 members (excludes halogenated alkanes) is 3. The summed E-state index contributed by atoms with van der Waals surface area (Å²) < 4.78 is 14.1. The highest BCUT2D eigenvalue weighted by atomic mass is 16.5. The zero-order valence-corrected chi connectivity index (χ0v) is 21.7. The van der Waals surface area contributed by atoms with Crippen LogP contribution in [0.5, 0.6) is 5.88 Å². The Balaban J connectivity index is 0.988. The van der Waals surface area contributed by atoms with Gasteiger partial charge in [-0.25, -0.2) is 4.98 Å². The Bertz CT molecular complexity index is 1180. The lowest BCUT2D eigenvalue weighted by atomic mass is 10.00. The van der Waals surface area contributed by atoms with Crippen molar-refractivity contribution in [3.8, 4) is 5.88 Å². The highest BCUT2D eigenvalue weighted by Crippen LogP contribution is 2.30. The summed E-state index contributed by atoms with van der Waals surface area (Å²) in [6.07, 6.45) is 8.63. The maximum Gasteiger partial charge on any atom is 0.236 e. The molecule has 194 valence electrons. The number of fused-ring (bicyclic) bond motifs is 1. The molecule has 1 aliphatic heterocycles. The SMILES string of the molecule is Cc1cc2ncnn2nc1OCCCCCCN1CCC(OC(c2ccccc2)c2ccccc2)CC1. The molecule has 37 heavy (non-hydrogen) atoms. The van der Waals surface area contributed by atoms with E-state index >= 15 is 0 Å². The van der Waals surface area contributed by atoms with Crippen LogP contribution in [0.2, 0.25) is 0 Å². The van der Waals surface area contributed by atoms with Crippen molar-refractivity contribution < 1.29 is 9.47 Å². The van der Waals surface area contributed by atoms with Gasteiger partial charge >= 0.3 is 0 Å². The third-order valence-corrected chi connectivity index (χ3v) is 7.10. The van der Waals surface area contributed by atoms with Gasteiger partial charge in [-0.05, 0) is 56.3 Å². The molecule has 3 heterocycles. The summed E-state index contributed by atoms with van der Waals surface area (Å²) in [5.41, 5.74) is 4.19. The van der Waals surface area contributed by atoms with Gasteiger partial charge < -0.3 is 14.4 Å². The average molecular weight is 500 g/mol. The Hall–Kier alpha value is -3.29. The van der Waals surface area contributed by atoms with Gasteiger partial charge in [0.1, 0.15) is 12.4 Å². The van der Waals surface area contributed by atoms with Crippen LogP contribution in [-0.2, 0) is 4.74 Å². The Morgan fingerprint density at radius 1 is 0.892 bits per heavy atom. The van der Waals surface area contributed by atoms with Gasteiger partial charge in [0.05, 0.1) is 12.7 Å². The minimum absolute atomic E-state index is 0.00159. The fraction of sp³-hybridized carbons (Fsp3) is 0.433. The lowest BCUT2D eigenvalue weighted by Crippen LogP contribution is -2.38. The van der Waals surface area contributed by atoms with Crippen LogP contribution < -0.4 is 4.74 Å².